The molecule has 0 aliphatic carbocycles. The molecule has 0 aromatic carbocycles. The Kier molecular flexibility index (Phi) is 26.1. The summed E-state index contributed by atoms with van der Waals surface area (Å²) in [5.74, 6) is -0.438. The monoisotopic (exact) mass is 716 g/mol. The average Bonchev–Trinajstić information content (AvgIpc) is 3.06. The zero-order chi connectivity index (χ0) is 36.2. The lowest BCUT2D eigenvalue weighted by atomic mass is 9.99. The molecule has 282 valence electrons. The van der Waals surface area contributed by atoms with E-state index in [4.69, 9.17) is 23.5 Å². The summed E-state index contributed by atoms with van der Waals surface area (Å²) >= 11 is 0. The molecule has 1 saturated heterocycles. The number of hydrogen-bond donors (Lipinski definition) is 4. The Labute approximate surface area is 293 Å². The van der Waals surface area contributed by atoms with Crippen molar-refractivity contribution in [1.82, 2.24) is 0 Å². The van der Waals surface area contributed by atoms with Crippen molar-refractivity contribution < 1.29 is 56.2 Å². The van der Waals surface area contributed by atoms with Crippen LogP contribution in [0.2, 0.25) is 0 Å². The molecule has 13 heteroatoms. The first-order valence-electron chi connectivity index (χ1n) is 17.5. The number of ether oxygens (including phenoxy) is 4. The highest BCUT2D eigenvalue weighted by Gasteiger charge is 2.48. The van der Waals surface area contributed by atoms with Gasteiger partial charge in [-0.25, -0.2) is 4.18 Å². The highest BCUT2D eigenvalue weighted by atomic mass is 32.3. The molecule has 6 atom stereocenters. The summed E-state index contributed by atoms with van der Waals surface area (Å²) in [5, 5.41) is 30.4. The second kappa shape index (κ2) is 28.5. The molecule has 0 bridgehead atoms. The molecule has 0 saturated carbocycles. The minimum atomic E-state index is -5.06. The molecule has 4 N–H and O–H groups in total. The van der Waals surface area contributed by atoms with Crippen molar-refractivity contribution in [3.63, 3.8) is 0 Å². The van der Waals surface area contributed by atoms with Crippen LogP contribution >= 0.6 is 0 Å². The van der Waals surface area contributed by atoms with Gasteiger partial charge in [-0.2, -0.15) is 8.42 Å². The number of rotatable bonds is 28. The molecule has 0 spiro atoms. The second-order valence-electron chi connectivity index (χ2n) is 11.7. The Hall–Kier alpha value is -2.20. The lowest BCUT2D eigenvalue weighted by Gasteiger charge is -2.41. The van der Waals surface area contributed by atoms with Crippen molar-refractivity contribution in [2.75, 3.05) is 26.4 Å². The molecule has 0 aromatic heterocycles. The molecule has 12 nitrogen and oxygen atoms in total. The van der Waals surface area contributed by atoms with Crippen LogP contribution in [0.4, 0.5) is 0 Å². The largest absolute Gasteiger partial charge is 0.457 e. The van der Waals surface area contributed by atoms with Crippen LogP contribution in [-0.4, -0.2) is 97.5 Å². The maximum atomic E-state index is 12.6. The molecule has 0 aromatic rings. The smallest absolute Gasteiger partial charge is 0.397 e. The number of hydrogen-bond acceptors (Lipinski definition) is 11. The Bertz CT molecular complexity index is 1100. The van der Waals surface area contributed by atoms with E-state index in [1.165, 1.54) is 0 Å². The van der Waals surface area contributed by atoms with Gasteiger partial charge < -0.3 is 34.3 Å². The molecule has 1 aliphatic rings. The Morgan fingerprint density at radius 3 is 1.94 bits per heavy atom. The van der Waals surface area contributed by atoms with E-state index in [1.54, 1.807) is 0 Å². The van der Waals surface area contributed by atoms with Crippen molar-refractivity contribution in [3.8, 4) is 0 Å². The summed E-state index contributed by atoms with van der Waals surface area (Å²) in [6.45, 7) is 3.52. The lowest BCUT2D eigenvalue weighted by Crippen LogP contribution is -2.60. The number of unbranched alkanes of at least 4 members (excludes halogenated alkanes) is 5. The van der Waals surface area contributed by atoms with Crippen LogP contribution in [0.15, 0.2) is 60.8 Å². The SMILES string of the molecule is CC/C=C\C/C=C\C/C=C\C/C=C\C/C=C\CCOCC(COC1OC(CO)C(O)C(OS(=O)(=O)O)C1O)OC(=O)CCCCCCCC. The van der Waals surface area contributed by atoms with Crippen LogP contribution in [0.25, 0.3) is 0 Å². The number of carbonyl (C=O) groups excluding carboxylic acids is 1. The predicted molar refractivity (Wildman–Crippen MR) is 188 cm³/mol. The van der Waals surface area contributed by atoms with Gasteiger partial charge in [0.15, 0.2) is 6.29 Å². The predicted octanol–water partition coefficient (Wildman–Crippen LogP) is 5.45. The molecule has 1 heterocycles. The van der Waals surface area contributed by atoms with Gasteiger partial charge in [-0.15, -0.1) is 0 Å². The van der Waals surface area contributed by atoms with Gasteiger partial charge in [-0.1, -0.05) is 107 Å². The molecular formula is C36H60O12S. The fourth-order valence-corrected chi connectivity index (χ4v) is 5.30. The molecule has 1 rings (SSSR count). The van der Waals surface area contributed by atoms with Gasteiger partial charge in [0.25, 0.3) is 0 Å². The Balaban J connectivity index is 2.56. The number of esters is 1. The molecule has 0 radical (unpaired) electrons. The van der Waals surface area contributed by atoms with Gasteiger partial charge in [-0.05, 0) is 44.9 Å². The van der Waals surface area contributed by atoms with E-state index in [0.717, 1.165) is 64.2 Å². The molecule has 1 fully saturated rings. The van der Waals surface area contributed by atoms with Crippen molar-refractivity contribution in [1.29, 1.82) is 0 Å². The summed E-state index contributed by atoms with van der Waals surface area (Å²) in [7, 11) is -5.06. The summed E-state index contributed by atoms with van der Waals surface area (Å²) in [6.07, 6.45) is 23.3. The maximum Gasteiger partial charge on any atom is 0.397 e. The van der Waals surface area contributed by atoms with E-state index in [9.17, 15) is 28.5 Å². The number of allylic oxidation sites excluding steroid dienone is 9. The second-order valence-corrected chi connectivity index (χ2v) is 12.8. The topological polar surface area (TPSA) is 178 Å². The first-order valence-corrected chi connectivity index (χ1v) is 18.9. The quantitative estimate of drug-likeness (QED) is 0.0349. The third-order valence-corrected chi connectivity index (χ3v) is 7.89. The first kappa shape index (κ1) is 44.8. The van der Waals surface area contributed by atoms with Crippen LogP contribution in [0, 0.1) is 0 Å². The first-order chi connectivity index (χ1) is 23.6. The van der Waals surface area contributed by atoms with Crippen molar-refractivity contribution in [2.24, 2.45) is 0 Å². The van der Waals surface area contributed by atoms with Crippen molar-refractivity contribution in [3.05, 3.63) is 60.8 Å². The van der Waals surface area contributed by atoms with Crippen molar-refractivity contribution >= 4 is 16.4 Å². The van der Waals surface area contributed by atoms with Crippen LogP contribution in [0.5, 0.6) is 0 Å². The minimum absolute atomic E-state index is 0.0211. The number of aliphatic hydroxyl groups is 3. The molecule has 0 amide bonds. The molecular weight excluding hydrogens is 656 g/mol. The normalized spacial score (nSPS) is 22.8. The third kappa shape index (κ3) is 23.0. The van der Waals surface area contributed by atoms with Crippen LogP contribution in [-0.2, 0) is 38.3 Å². The van der Waals surface area contributed by atoms with Crippen LogP contribution in [0.3, 0.4) is 0 Å². The van der Waals surface area contributed by atoms with Crippen molar-refractivity contribution in [2.45, 2.75) is 134 Å². The fraction of sp³-hybridized carbons (Fsp3) is 0.694. The van der Waals surface area contributed by atoms with Gasteiger partial charge >= 0.3 is 16.4 Å². The van der Waals surface area contributed by atoms with E-state index in [2.05, 4.69) is 66.6 Å². The zero-order valence-corrected chi connectivity index (χ0v) is 30.0. The Morgan fingerprint density at radius 2 is 1.37 bits per heavy atom. The van der Waals surface area contributed by atoms with Crippen LogP contribution < -0.4 is 0 Å². The molecule has 6 unspecified atom stereocenters. The van der Waals surface area contributed by atoms with Crippen LogP contribution in [0.1, 0.15) is 97.3 Å². The van der Waals surface area contributed by atoms with E-state index < -0.39 is 59.8 Å². The van der Waals surface area contributed by atoms with E-state index in [1.807, 2.05) is 12.2 Å². The lowest BCUT2D eigenvalue weighted by molar-refractivity contribution is -0.301. The number of aliphatic hydroxyl groups excluding tert-OH is 3. The number of carbonyl (C=O) groups is 1. The Morgan fingerprint density at radius 1 is 0.796 bits per heavy atom. The van der Waals surface area contributed by atoms with E-state index in [-0.39, 0.29) is 19.6 Å². The molecule has 1 aliphatic heterocycles. The highest BCUT2D eigenvalue weighted by Crippen LogP contribution is 2.26. The summed E-state index contributed by atoms with van der Waals surface area (Å²) < 4.78 is 58.3. The average molecular weight is 717 g/mol. The maximum absolute atomic E-state index is 12.6. The van der Waals surface area contributed by atoms with E-state index >= 15 is 0 Å². The summed E-state index contributed by atoms with van der Waals surface area (Å²) in [4.78, 5) is 12.6. The standard InChI is InChI=1S/C36H60O12S/c1-3-5-7-9-11-12-13-14-15-16-17-18-19-20-22-24-26-44-28-30(46-32(38)25-23-21-10-8-6-4-2)29-45-36-34(40)35(48-49(41,42)43)33(39)31(27-37)47-36/h5,7,11-12,14-15,17-18,20,22,30-31,33-37,39-40H,3-4,6,8-10,13,16,19,21,23-29H2,1-2H3,(H,41,42,43)/b7-5-,12-11-,15-14-,18-17-,22-20-. The summed E-state index contributed by atoms with van der Waals surface area (Å²) in [6, 6.07) is 0. The fourth-order valence-electron chi connectivity index (χ4n) is 4.79. The van der Waals surface area contributed by atoms with E-state index in [0.29, 0.717) is 19.4 Å². The summed E-state index contributed by atoms with van der Waals surface area (Å²) in [5.41, 5.74) is 0. The third-order valence-electron chi connectivity index (χ3n) is 7.42. The minimum Gasteiger partial charge on any atom is -0.457 e. The highest BCUT2D eigenvalue weighted by molar-refractivity contribution is 7.80. The van der Waals surface area contributed by atoms with Gasteiger partial charge in [0.1, 0.15) is 30.5 Å². The molecule has 49 heavy (non-hydrogen) atoms. The van der Waals surface area contributed by atoms with Gasteiger partial charge in [0.05, 0.1) is 26.4 Å². The van der Waals surface area contributed by atoms with Gasteiger partial charge in [-0.3, -0.25) is 9.35 Å². The van der Waals surface area contributed by atoms with Gasteiger partial charge in [0.2, 0.25) is 0 Å². The van der Waals surface area contributed by atoms with Gasteiger partial charge in [0, 0.05) is 6.42 Å². The zero-order valence-electron chi connectivity index (χ0n) is 29.2.